The molecule has 4 heteroatoms. The van der Waals surface area contributed by atoms with Crippen LogP contribution >= 0.6 is 0 Å². The van der Waals surface area contributed by atoms with Crippen molar-refractivity contribution in [2.24, 2.45) is 0 Å². The number of ether oxygens (including phenoxy) is 2. The zero-order chi connectivity index (χ0) is 34.1. The summed E-state index contributed by atoms with van der Waals surface area (Å²) in [6.45, 7) is 5.84. The second kappa shape index (κ2) is 24.7. The zero-order valence-corrected chi connectivity index (χ0v) is 30.1. The number of hydrogen-bond acceptors (Lipinski definition) is 4. The number of carbonyl (C=O) groups is 2. The number of carbonyl (C=O) groups excluding carboxylic acids is 2. The largest absolute Gasteiger partial charge is 0.493 e. The van der Waals surface area contributed by atoms with E-state index < -0.39 is 0 Å². The first-order chi connectivity index (χ1) is 23.7. The lowest BCUT2D eigenvalue weighted by Gasteiger charge is -2.19. The second-order valence-electron chi connectivity index (χ2n) is 13.4. The Hall–Kier alpha value is -3.40. The lowest BCUT2D eigenvalue weighted by molar-refractivity contribution is 0.111. The van der Waals surface area contributed by atoms with E-state index in [4.69, 9.17) is 9.47 Å². The van der Waals surface area contributed by atoms with E-state index in [0.29, 0.717) is 24.3 Å². The van der Waals surface area contributed by atoms with Crippen molar-refractivity contribution in [1.29, 1.82) is 0 Å². The predicted octanol–water partition coefficient (Wildman–Crippen LogP) is 13.2. The lowest BCUT2D eigenvalue weighted by atomic mass is 9.96. The molecule has 0 heterocycles. The van der Waals surface area contributed by atoms with Crippen LogP contribution < -0.4 is 9.47 Å². The van der Waals surface area contributed by atoms with Gasteiger partial charge in [0.15, 0.2) is 0 Å². The summed E-state index contributed by atoms with van der Waals surface area (Å²) in [7, 11) is 0. The second-order valence-corrected chi connectivity index (χ2v) is 13.4. The summed E-state index contributed by atoms with van der Waals surface area (Å²) in [4.78, 5) is 22.7. The van der Waals surface area contributed by atoms with Crippen molar-refractivity contribution in [1.82, 2.24) is 0 Å². The van der Waals surface area contributed by atoms with Gasteiger partial charge in [0.2, 0.25) is 0 Å². The Labute approximate surface area is 292 Å². The number of hydrogen-bond donors (Lipinski definition) is 0. The number of rotatable bonds is 28. The van der Waals surface area contributed by atoms with Gasteiger partial charge in [0.25, 0.3) is 0 Å². The van der Waals surface area contributed by atoms with Gasteiger partial charge in [0.1, 0.15) is 24.1 Å². The van der Waals surface area contributed by atoms with Crippen LogP contribution in [0.25, 0.3) is 22.3 Å². The predicted molar refractivity (Wildman–Crippen MR) is 203 cm³/mol. The third-order valence-electron chi connectivity index (χ3n) is 9.31. The molecule has 0 fully saturated rings. The van der Waals surface area contributed by atoms with Gasteiger partial charge in [-0.25, -0.2) is 0 Å². The third-order valence-corrected chi connectivity index (χ3v) is 9.31. The molecule has 0 unspecified atom stereocenters. The Morgan fingerprint density at radius 2 is 0.708 bits per heavy atom. The van der Waals surface area contributed by atoms with Gasteiger partial charge in [-0.1, -0.05) is 178 Å². The summed E-state index contributed by atoms with van der Waals surface area (Å²) in [5.41, 5.74) is 5.21. The summed E-state index contributed by atoms with van der Waals surface area (Å²) < 4.78 is 13.0. The van der Waals surface area contributed by atoms with Crippen molar-refractivity contribution < 1.29 is 19.1 Å². The summed E-state index contributed by atoms with van der Waals surface area (Å²) in [5, 5.41) is 0. The van der Waals surface area contributed by atoms with Gasteiger partial charge in [-0.05, 0) is 36.1 Å². The Bertz CT molecular complexity index is 1180. The molecule has 3 aromatic rings. The third kappa shape index (κ3) is 14.8. The van der Waals surface area contributed by atoms with Gasteiger partial charge >= 0.3 is 0 Å². The lowest BCUT2D eigenvalue weighted by Crippen LogP contribution is -2.03. The first-order valence-electron chi connectivity index (χ1n) is 19.2. The van der Waals surface area contributed by atoms with E-state index in [1.165, 1.54) is 116 Å². The minimum absolute atomic E-state index is 0.649. The fraction of sp³-hybridized carbons (Fsp3) is 0.545. The average Bonchev–Trinajstić information content (AvgIpc) is 3.13. The highest BCUT2D eigenvalue weighted by Crippen LogP contribution is 2.41. The molecule has 0 spiro atoms. The molecule has 0 aliphatic rings. The van der Waals surface area contributed by atoms with Gasteiger partial charge in [-0.3, -0.25) is 9.59 Å². The minimum atomic E-state index is 0.649. The van der Waals surface area contributed by atoms with Crippen molar-refractivity contribution in [3.05, 3.63) is 71.8 Å². The Kier molecular flexibility index (Phi) is 20.1. The van der Waals surface area contributed by atoms with Crippen LogP contribution in [0.5, 0.6) is 11.5 Å². The molecule has 0 saturated carbocycles. The van der Waals surface area contributed by atoms with E-state index in [9.17, 15) is 9.59 Å². The molecule has 0 N–H and O–H groups in total. The van der Waals surface area contributed by atoms with Crippen LogP contribution in [0.3, 0.4) is 0 Å². The van der Waals surface area contributed by atoms with Crippen molar-refractivity contribution in [2.75, 3.05) is 13.2 Å². The monoisotopic (exact) mass is 654 g/mol. The normalized spacial score (nSPS) is 11.0. The van der Waals surface area contributed by atoms with Gasteiger partial charge in [-0.2, -0.15) is 0 Å². The molecular formula is C44H62O4. The molecule has 0 saturated heterocycles. The Morgan fingerprint density at radius 1 is 0.417 bits per heavy atom. The molecular weight excluding hydrogens is 592 g/mol. The number of benzene rings is 3. The molecule has 3 aromatic carbocycles. The van der Waals surface area contributed by atoms with E-state index in [0.717, 1.165) is 59.2 Å². The average molecular weight is 655 g/mol. The van der Waals surface area contributed by atoms with Crippen LogP contribution in [0, 0.1) is 0 Å². The van der Waals surface area contributed by atoms with E-state index in [2.05, 4.69) is 26.0 Å². The minimum Gasteiger partial charge on any atom is -0.493 e. The quantitative estimate of drug-likeness (QED) is 0.0577. The summed E-state index contributed by atoms with van der Waals surface area (Å²) in [6.07, 6.45) is 27.4. The zero-order valence-electron chi connectivity index (χ0n) is 30.1. The molecule has 0 aliphatic heterocycles. The SMILES string of the molecule is CCCCCCCCCCCCOc1cc(-c2ccc(C=O)cc2)c(OCCCCCCCCCCCC)cc1-c1ccc(C=O)cc1. The number of aldehydes is 2. The Morgan fingerprint density at radius 3 is 1.00 bits per heavy atom. The van der Waals surface area contributed by atoms with Gasteiger partial charge in [0, 0.05) is 22.3 Å². The molecule has 48 heavy (non-hydrogen) atoms. The van der Waals surface area contributed by atoms with Crippen LogP contribution in [0.2, 0.25) is 0 Å². The maximum atomic E-state index is 11.4. The number of unbranched alkanes of at least 4 members (excludes halogenated alkanes) is 18. The van der Waals surface area contributed by atoms with Crippen LogP contribution in [0.1, 0.15) is 163 Å². The Balaban J connectivity index is 1.68. The molecule has 0 atom stereocenters. The fourth-order valence-electron chi connectivity index (χ4n) is 6.28. The first-order valence-corrected chi connectivity index (χ1v) is 19.2. The summed E-state index contributed by atoms with van der Waals surface area (Å²) in [6, 6.07) is 19.5. The molecule has 3 rings (SSSR count). The van der Waals surface area contributed by atoms with Crippen molar-refractivity contribution in [3.63, 3.8) is 0 Å². The topological polar surface area (TPSA) is 52.6 Å². The highest BCUT2D eigenvalue weighted by Gasteiger charge is 2.16. The van der Waals surface area contributed by atoms with Crippen LogP contribution in [-0.4, -0.2) is 25.8 Å². The maximum Gasteiger partial charge on any atom is 0.150 e. The van der Waals surface area contributed by atoms with Crippen LogP contribution in [0.15, 0.2) is 60.7 Å². The maximum absolute atomic E-state index is 11.4. The standard InChI is InChI=1S/C44H62O4/c1-3-5-7-9-11-13-15-17-19-21-31-47-43-33-42(40-29-25-38(36-46)26-30-40)44(34-41(43)39-27-23-37(35-45)24-28-39)48-32-22-20-18-16-14-12-10-8-6-4-2/h23-30,33-36H,3-22,31-32H2,1-2H3. The van der Waals surface area contributed by atoms with Crippen molar-refractivity contribution in [3.8, 4) is 33.8 Å². The van der Waals surface area contributed by atoms with E-state index in [1.807, 2.05) is 48.5 Å². The van der Waals surface area contributed by atoms with Crippen molar-refractivity contribution >= 4 is 12.6 Å². The van der Waals surface area contributed by atoms with E-state index in [-0.39, 0.29) is 0 Å². The highest BCUT2D eigenvalue weighted by atomic mass is 16.5. The molecule has 0 aliphatic carbocycles. The first kappa shape index (κ1) is 39.0. The summed E-state index contributed by atoms with van der Waals surface area (Å²) in [5.74, 6) is 1.62. The summed E-state index contributed by atoms with van der Waals surface area (Å²) >= 11 is 0. The molecule has 0 radical (unpaired) electrons. The molecule has 262 valence electrons. The molecule has 0 aromatic heterocycles. The highest BCUT2D eigenvalue weighted by molar-refractivity contribution is 5.84. The van der Waals surface area contributed by atoms with Gasteiger partial charge in [-0.15, -0.1) is 0 Å². The van der Waals surface area contributed by atoms with Gasteiger partial charge < -0.3 is 9.47 Å². The van der Waals surface area contributed by atoms with Gasteiger partial charge in [0.05, 0.1) is 13.2 Å². The van der Waals surface area contributed by atoms with Crippen molar-refractivity contribution in [2.45, 2.75) is 142 Å². The molecule has 4 nitrogen and oxygen atoms in total. The van der Waals surface area contributed by atoms with E-state index >= 15 is 0 Å². The molecule has 0 amide bonds. The van der Waals surface area contributed by atoms with Crippen LogP contribution in [-0.2, 0) is 0 Å². The fourth-order valence-corrected chi connectivity index (χ4v) is 6.28. The van der Waals surface area contributed by atoms with Crippen LogP contribution in [0.4, 0.5) is 0 Å². The smallest absolute Gasteiger partial charge is 0.150 e. The van der Waals surface area contributed by atoms with E-state index in [1.54, 1.807) is 0 Å². The molecule has 0 bridgehead atoms.